The molecule has 0 radical (unpaired) electrons. The van der Waals surface area contributed by atoms with Gasteiger partial charge in [0.15, 0.2) is 5.82 Å². The molecule has 1 unspecified atom stereocenters. The maximum Gasteiger partial charge on any atom is 0.276 e. The molecular weight excluding hydrogens is 345 g/mol. The van der Waals surface area contributed by atoms with Crippen molar-refractivity contribution in [1.82, 2.24) is 15.2 Å². The molecule has 3 aromatic rings. The van der Waals surface area contributed by atoms with Crippen molar-refractivity contribution in [3.8, 4) is 5.88 Å². The molecule has 1 aliphatic heterocycles. The second kappa shape index (κ2) is 7.19. The molecule has 1 atom stereocenters. The lowest BCUT2D eigenvalue weighted by atomic mass is 10.1. The molecule has 2 aromatic carbocycles. The highest BCUT2D eigenvalue weighted by Gasteiger charge is 2.29. The quantitative estimate of drug-likeness (QED) is 0.744. The summed E-state index contributed by atoms with van der Waals surface area (Å²) in [5, 5.41) is 11.6. The van der Waals surface area contributed by atoms with Crippen LogP contribution in [0.3, 0.4) is 0 Å². The summed E-state index contributed by atoms with van der Waals surface area (Å²) in [5.41, 5.74) is 3.16. The van der Waals surface area contributed by atoms with E-state index in [9.17, 15) is 4.39 Å². The number of methoxy groups -OCH3 is 1. The maximum absolute atomic E-state index is 13.4. The average Bonchev–Trinajstić information content (AvgIpc) is 3.02. The number of ether oxygens (including phenoxy) is 1. The fraction of sp³-hybridized carbons (Fsp3) is 0.250. The number of aromatic nitrogens is 3. The van der Waals surface area contributed by atoms with Crippen LogP contribution in [0.25, 0.3) is 0 Å². The first-order valence-electron chi connectivity index (χ1n) is 8.80. The molecule has 0 fully saturated rings. The van der Waals surface area contributed by atoms with E-state index in [1.54, 1.807) is 6.07 Å². The molecule has 0 aliphatic carbocycles. The molecule has 27 heavy (non-hydrogen) atoms. The summed E-state index contributed by atoms with van der Waals surface area (Å²) >= 11 is 0. The molecule has 4 rings (SSSR count). The Kier molecular flexibility index (Phi) is 4.58. The normalized spacial score (nSPS) is 15.5. The van der Waals surface area contributed by atoms with Gasteiger partial charge in [-0.15, -0.1) is 10.2 Å². The first-order chi connectivity index (χ1) is 13.2. The molecule has 138 valence electrons. The number of nitrogens with one attached hydrogen (secondary N) is 1. The molecule has 0 spiro atoms. The van der Waals surface area contributed by atoms with Gasteiger partial charge in [-0.3, -0.25) is 0 Å². The van der Waals surface area contributed by atoms with Crippen LogP contribution in [0, 0.1) is 5.82 Å². The van der Waals surface area contributed by atoms with E-state index in [4.69, 9.17) is 4.74 Å². The van der Waals surface area contributed by atoms with Gasteiger partial charge in [0.05, 0.1) is 7.11 Å². The van der Waals surface area contributed by atoms with Gasteiger partial charge in [0, 0.05) is 18.3 Å². The lowest BCUT2D eigenvalue weighted by Gasteiger charge is -2.22. The molecule has 1 N–H and O–H groups in total. The largest absolute Gasteiger partial charge is 0.477 e. The third kappa shape index (κ3) is 3.40. The average molecular weight is 365 g/mol. The van der Waals surface area contributed by atoms with Crippen molar-refractivity contribution in [1.29, 1.82) is 0 Å². The van der Waals surface area contributed by atoms with Gasteiger partial charge in [-0.25, -0.2) is 4.39 Å². The van der Waals surface area contributed by atoms with Gasteiger partial charge >= 0.3 is 0 Å². The molecule has 7 heteroatoms. The summed E-state index contributed by atoms with van der Waals surface area (Å²) in [4.78, 5) is 6.71. The fourth-order valence-electron chi connectivity index (χ4n) is 3.37. The van der Waals surface area contributed by atoms with E-state index in [1.807, 2.05) is 18.2 Å². The lowest BCUT2D eigenvalue weighted by Crippen LogP contribution is -2.26. The Hall–Kier alpha value is -3.22. The lowest BCUT2D eigenvalue weighted by molar-refractivity contribution is 0.391. The Bertz CT molecular complexity index is 965. The second-order valence-corrected chi connectivity index (χ2v) is 6.51. The molecule has 0 amide bonds. The van der Waals surface area contributed by atoms with E-state index in [0.717, 1.165) is 17.7 Å². The number of nitrogens with zero attached hydrogens (tertiary/aromatic N) is 4. The van der Waals surface area contributed by atoms with Crippen LogP contribution in [0.4, 0.5) is 21.8 Å². The monoisotopic (exact) mass is 365 g/mol. The van der Waals surface area contributed by atoms with Gasteiger partial charge < -0.3 is 15.0 Å². The van der Waals surface area contributed by atoms with E-state index in [-0.39, 0.29) is 11.9 Å². The molecular formula is C20H20FN5O. The standard InChI is InChI=1S/C20H20FN5O/c1-13-10-15-7-3-4-9-17(15)26(13)20-23-18(19(27-2)24-25-20)22-12-14-6-5-8-16(21)11-14/h3-9,11,13H,10,12H2,1-2H3,(H,22,23,25). The van der Waals surface area contributed by atoms with Crippen molar-refractivity contribution in [2.45, 2.75) is 25.9 Å². The fourth-order valence-corrected chi connectivity index (χ4v) is 3.37. The highest BCUT2D eigenvalue weighted by atomic mass is 19.1. The number of halogens is 1. The van der Waals surface area contributed by atoms with Gasteiger partial charge in [0.1, 0.15) is 5.82 Å². The number of benzene rings is 2. The first-order valence-corrected chi connectivity index (χ1v) is 8.80. The summed E-state index contributed by atoms with van der Waals surface area (Å²) < 4.78 is 18.7. The Balaban J connectivity index is 1.63. The van der Waals surface area contributed by atoms with Crippen LogP contribution in [0.15, 0.2) is 48.5 Å². The van der Waals surface area contributed by atoms with Crippen LogP contribution in [0.1, 0.15) is 18.1 Å². The summed E-state index contributed by atoms with van der Waals surface area (Å²) in [6.07, 6.45) is 0.928. The van der Waals surface area contributed by atoms with Crippen LogP contribution in [0.2, 0.25) is 0 Å². The van der Waals surface area contributed by atoms with Crippen LogP contribution >= 0.6 is 0 Å². The minimum Gasteiger partial charge on any atom is -0.477 e. The Morgan fingerprint density at radius 2 is 2.04 bits per heavy atom. The smallest absolute Gasteiger partial charge is 0.276 e. The third-order valence-corrected chi connectivity index (χ3v) is 4.61. The van der Waals surface area contributed by atoms with Gasteiger partial charge in [-0.05, 0) is 42.7 Å². The van der Waals surface area contributed by atoms with E-state index in [1.165, 1.54) is 24.8 Å². The highest BCUT2D eigenvalue weighted by molar-refractivity contribution is 5.67. The molecule has 0 saturated heterocycles. The van der Waals surface area contributed by atoms with Crippen molar-refractivity contribution >= 4 is 17.5 Å². The van der Waals surface area contributed by atoms with Crippen molar-refractivity contribution in [3.05, 3.63) is 65.5 Å². The first kappa shape index (κ1) is 17.2. The molecule has 0 saturated carbocycles. The predicted molar refractivity (Wildman–Crippen MR) is 102 cm³/mol. The zero-order chi connectivity index (χ0) is 18.8. The summed E-state index contributed by atoms with van der Waals surface area (Å²) in [6.45, 7) is 2.53. The van der Waals surface area contributed by atoms with Crippen LogP contribution in [-0.2, 0) is 13.0 Å². The van der Waals surface area contributed by atoms with Crippen molar-refractivity contribution in [2.24, 2.45) is 0 Å². The molecule has 6 nitrogen and oxygen atoms in total. The molecule has 2 heterocycles. The SMILES string of the molecule is COc1nnc(N2c3ccccc3CC2C)nc1NCc1cccc(F)c1. The molecule has 1 aliphatic rings. The van der Waals surface area contributed by atoms with Crippen LogP contribution in [-0.4, -0.2) is 28.3 Å². The number of hydrogen-bond donors (Lipinski definition) is 1. The minimum absolute atomic E-state index is 0.230. The van der Waals surface area contributed by atoms with Crippen molar-refractivity contribution in [3.63, 3.8) is 0 Å². The zero-order valence-corrected chi connectivity index (χ0v) is 15.2. The second-order valence-electron chi connectivity index (χ2n) is 6.51. The van der Waals surface area contributed by atoms with Crippen LogP contribution < -0.4 is 15.0 Å². The maximum atomic E-state index is 13.4. The summed E-state index contributed by atoms with van der Waals surface area (Å²) in [7, 11) is 1.52. The van der Waals surface area contributed by atoms with Crippen molar-refractivity contribution in [2.75, 3.05) is 17.3 Å². The zero-order valence-electron chi connectivity index (χ0n) is 15.2. The number of anilines is 3. The van der Waals surface area contributed by atoms with Gasteiger partial charge in [-0.1, -0.05) is 30.3 Å². The van der Waals surface area contributed by atoms with Gasteiger partial charge in [-0.2, -0.15) is 4.98 Å². The number of para-hydroxylation sites is 1. The third-order valence-electron chi connectivity index (χ3n) is 4.61. The summed E-state index contributed by atoms with van der Waals surface area (Å²) in [6, 6.07) is 14.9. The van der Waals surface area contributed by atoms with E-state index in [0.29, 0.717) is 24.2 Å². The summed E-state index contributed by atoms with van der Waals surface area (Å²) in [5.74, 6) is 1.01. The molecule has 0 bridgehead atoms. The van der Waals surface area contributed by atoms with E-state index in [2.05, 4.69) is 44.5 Å². The van der Waals surface area contributed by atoms with E-state index < -0.39 is 0 Å². The predicted octanol–water partition coefficient (Wildman–Crippen LogP) is 3.71. The number of rotatable bonds is 5. The van der Waals surface area contributed by atoms with Crippen LogP contribution in [0.5, 0.6) is 5.88 Å². The van der Waals surface area contributed by atoms with Gasteiger partial charge in [0.2, 0.25) is 0 Å². The van der Waals surface area contributed by atoms with Crippen molar-refractivity contribution < 1.29 is 9.13 Å². The highest BCUT2D eigenvalue weighted by Crippen LogP contribution is 2.37. The Labute approximate surface area is 157 Å². The minimum atomic E-state index is -0.273. The number of fused-ring (bicyclic) bond motifs is 1. The molecule has 1 aromatic heterocycles. The Morgan fingerprint density at radius 1 is 1.19 bits per heavy atom. The number of hydrogen-bond acceptors (Lipinski definition) is 6. The van der Waals surface area contributed by atoms with E-state index >= 15 is 0 Å². The van der Waals surface area contributed by atoms with Gasteiger partial charge in [0.25, 0.3) is 11.8 Å². The Morgan fingerprint density at radius 3 is 2.85 bits per heavy atom. The topological polar surface area (TPSA) is 63.2 Å².